The van der Waals surface area contributed by atoms with E-state index in [9.17, 15) is 9.18 Å². The maximum atomic E-state index is 14.2. The fraction of sp³-hybridized carbons (Fsp3) is 0.316. The number of fused-ring (bicyclic) bond motifs is 1. The van der Waals surface area contributed by atoms with Crippen LogP contribution in [0.4, 0.5) is 15.9 Å². The van der Waals surface area contributed by atoms with Crippen LogP contribution in [0.15, 0.2) is 30.6 Å². The highest BCUT2D eigenvalue weighted by Gasteiger charge is 2.19. The minimum absolute atomic E-state index is 0.218. The molecule has 3 aromatic rings. The number of carbonyl (C=O) groups excluding carboxylic acids is 1. The standard InChI is InChI=1S/C19H21FN6O2/c1-12-10-26-11-13(9-15(20)17(26)22-12)23-18(27)14-3-4-16(24-19(14)28-2)25-7-5-21-6-8-25/h3-4,9-11,21H,5-8H2,1-2H3,(H,23,27). The number of nitrogens with zero attached hydrogens (tertiary/aromatic N) is 4. The summed E-state index contributed by atoms with van der Waals surface area (Å²) in [5, 5.41) is 5.99. The molecular formula is C19H21FN6O2. The van der Waals surface area contributed by atoms with E-state index in [-0.39, 0.29) is 17.1 Å². The number of imidazole rings is 1. The van der Waals surface area contributed by atoms with Crippen molar-refractivity contribution in [3.63, 3.8) is 0 Å². The van der Waals surface area contributed by atoms with Crippen LogP contribution in [-0.4, -0.2) is 53.6 Å². The monoisotopic (exact) mass is 384 g/mol. The van der Waals surface area contributed by atoms with Crippen LogP contribution in [0.3, 0.4) is 0 Å². The minimum atomic E-state index is -0.509. The van der Waals surface area contributed by atoms with Gasteiger partial charge in [-0.3, -0.25) is 4.79 Å². The zero-order chi connectivity index (χ0) is 19.7. The van der Waals surface area contributed by atoms with Crippen LogP contribution in [0, 0.1) is 12.7 Å². The summed E-state index contributed by atoms with van der Waals surface area (Å²) in [5.74, 6) is 0.0571. The number of aryl methyl sites for hydroxylation is 1. The first-order valence-electron chi connectivity index (χ1n) is 9.02. The Morgan fingerprint density at radius 1 is 1.25 bits per heavy atom. The second-order valence-corrected chi connectivity index (χ2v) is 6.61. The molecule has 4 rings (SSSR count). The van der Waals surface area contributed by atoms with E-state index < -0.39 is 11.7 Å². The van der Waals surface area contributed by atoms with Gasteiger partial charge in [-0.25, -0.2) is 9.37 Å². The van der Waals surface area contributed by atoms with Crippen molar-refractivity contribution in [2.75, 3.05) is 43.5 Å². The van der Waals surface area contributed by atoms with E-state index in [1.807, 2.05) is 0 Å². The average molecular weight is 384 g/mol. The number of hydrogen-bond acceptors (Lipinski definition) is 6. The quantitative estimate of drug-likeness (QED) is 0.714. The highest BCUT2D eigenvalue weighted by molar-refractivity contribution is 6.06. The zero-order valence-corrected chi connectivity index (χ0v) is 15.7. The molecule has 0 spiro atoms. The molecule has 4 heterocycles. The van der Waals surface area contributed by atoms with Gasteiger partial charge in [0.15, 0.2) is 11.5 Å². The van der Waals surface area contributed by atoms with Gasteiger partial charge in [-0.15, -0.1) is 0 Å². The number of carbonyl (C=O) groups is 1. The van der Waals surface area contributed by atoms with Crippen LogP contribution in [0.5, 0.6) is 5.88 Å². The van der Waals surface area contributed by atoms with Gasteiger partial charge < -0.3 is 24.7 Å². The molecule has 0 atom stereocenters. The molecule has 1 fully saturated rings. The number of methoxy groups -OCH3 is 1. The van der Waals surface area contributed by atoms with E-state index in [0.717, 1.165) is 32.0 Å². The largest absolute Gasteiger partial charge is 0.480 e. The number of halogens is 1. The molecule has 3 aromatic heterocycles. The fourth-order valence-corrected chi connectivity index (χ4v) is 3.28. The maximum Gasteiger partial charge on any atom is 0.261 e. The fourth-order valence-electron chi connectivity index (χ4n) is 3.28. The molecular weight excluding hydrogens is 363 g/mol. The summed E-state index contributed by atoms with van der Waals surface area (Å²) in [4.78, 5) is 23.4. The molecule has 2 N–H and O–H groups in total. The van der Waals surface area contributed by atoms with Gasteiger partial charge in [0.25, 0.3) is 5.91 Å². The Hall–Kier alpha value is -3.20. The SMILES string of the molecule is COc1nc(N2CCNCC2)ccc1C(=O)Nc1cc(F)c2nc(C)cn2c1. The van der Waals surface area contributed by atoms with E-state index >= 15 is 0 Å². The van der Waals surface area contributed by atoms with E-state index in [1.165, 1.54) is 13.2 Å². The number of nitrogens with one attached hydrogen (secondary N) is 2. The summed E-state index contributed by atoms with van der Waals surface area (Å²) in [6, 6.07) is 4.72. The van der Waals surface area contributed by atoms with E-state index in [1.54, 1.807) is 35.9 Å². The molecule has 0 saturated carbocycles. The molecule has 0 radical (unpaired) electrons. The molecule has 0 aliphatic carbocycles. The molecule has 1 aliphatic rings. The first kappa shape index (κ1) is 18.2. The van der Waals surface area contributed by atoms with E-state index in [0.29, 0.717) is 11.4 Å². The lowest BCUT2D eigenvalue weighted by Crippen LogP contribution is -2.43. The predicted molar refractivity (Wildman–Crippen MR) is 104 cm³/mol. The summed E-state index contributed by atoms with van der Waals surface area (Å²) in [7, 11) is 1.47. The van der Waals surface area contributed by atoms with Gasteiger partial charge in [0.05, 0.1) is 18.5 Å². The molecule has 1 amide bonds. The second-order valence-electron chi connectivity index (χ2n) is 6.61. The normalized spacial score (nSPS) is 14.3. The maximum absolute atomic E-state index is 14.2. The lowest BCUT2D eigenvalue weighted by Gasteiger charge is -2.28. The number of hydrogen-bond donors (Lipinski definition) is 2. The van der Waals surface area contributed by atoms with Crippen molar-refractivity contribution in [1.82, 2.24) is 19.7 Å². The molecule has 0 unspecified atom stereocenters. The predicted octanol–water partition coefficient (Wildman–Crippen LogP) is 1.85. The summed E-state index contributed by atoms with van der Waals surface area (Å²) in [5.41, 5.74) is 1.51. The van der Waals surface area contributed by atoms with Gasteiger partial charge in [-0.1, -0.05) is 0 Å². The number of aromatic nitrogens is 3. The number of ether oxygens (including phenoxy) is 1. The van der Waals surface area contributed by atoms with Crippen LogP contribution in [0.25, 0.3) is 5.65 Å². The number of anilines is 2. The van der Waals surface area contributed by atoms with Gasteiger partial charge in [0, 0.05) is 44.6 Å². The smallest absolute Gasteiger partial charge is 0.261 e. The average Bonchev–Trinajstić information content (AvgIpc) is 3.09. The van der Waals surface area contributed by atoms with Crippen LogP contribution < -0.4 is 20.3 Å². The molecule has 1 aliphatic heterocycles. The van der Waals surface area contributed by atoms with Crippen molar-refractivity contribution in [2.24, 2.45) is 0 Å². The molecule has 1 saturated heterocycles. The third-order valence-electron chi connectivity index (χ3n) is 4.61. The van der Waals surface area contributed by atoms with Gasteiger partial charge in [-0.05, 0) is 19.1 Å². The minimum Gasteiger partial charge on any atom is -0.480 e. The van der Waals surface area contributed by atoms with Crippen molar-refractivity contribution < 1.29 is 13.9 Å². The first-order chi connectivity index (χ1) is 13.5. The lowest BCUT2D eigenvalue weighted by molar-refractivity contribution is 0.102. The van der Waals surface area contributed by atoms with Crippen molar-refractivity contribution in [3.05, 3.63) is 47.7 Å². The number of piperazine rings is 1. The Balaban J connectivity index is 1.59. The number of amides is 1. The van der Waals surface area contributed by atoms with Crippen LogP contribution >= 0.6 is 0 Å². The second kappa shape index (κ2) is 7.43. The van der Waals surface area contributed by atoms with Gasteiger partial charge >= 0.3 is 0 Å². The Morgan fingerprint density at radius 2 is 2.04 bits per heavy atom. The van der Waals surface area contributed by atoms with Gasteiger partial charge in [0.1, 0.15) is 11.4 Å². The Labute approximate surface area is 161 Å². The molecule has 8 nitrogen and oxygen atoms in total. The summed E-state index contributed by atoms with van der Waals surface area (Å²) in [6.07, 6.45) is 3.31. The van der Waals surface area contributed by atoms with E-state index in [2.05, 4.69) is 25.5 Å². The Morgan fingerprint density at radius 3 is 2.79 bits per heavy atom. The highest BCUT2D eigenvalue weighted by Crippen LogP contribution is 2.23. The Bertz CT molecular complexity index is 1030. The first-order valence-corrected chi connectivity index (χ1v) is 9.02. The topological polar surface area (TPSA) is 83.8 Å². The number of rotatable bonds is 4. The van der Waals surface area contributed by atoms with Crippen molar-refractivity contribution in [2.45, 2.75) is 6.92 Å². The van der Waals surface area contributed by atoms with E-state index in [4.69, 9.17) is 4.74 Å². The molecule has 0 bridgehead atoms. The summed E-state index contributed by atoms with van der Waals surface area (Å²) < 4.78 is 21.1. The molecule has 28 heavy (non-hydrogen) atoms. The third-order valence-corrected chi connectivity index (χ3v) is 4.61. The van der Waals surface area contributed by atoms with Crippen LogP contribution in [0.2, 0.25) is 0 Å². The van der Waals surface area contributed by atoms with Crippen molar-refractivity contribution in [3.8, 4) is 5.88 Å². The van der Waals surface area contributed by atoms with Crippen LogP contribution in [0.1, 0.15) is 16.1 Å². The summed E-state index contributed by atoms with van der Waals surface area (Å²) >= 11 is 0. The van der Waals surface area contributed by atoms with Gasteiger partial charge in [-0.2, -0.15) is 4.98 Å². The summed E-state index contributed by atoms with van der Waals surface area (Å²) in [6.45, 7) is 5.22. The third kappa shape index (κ3) is 3.48. The van der Waals surface area contributed by atoms with Crippen molar-refractivity contribution >= 4 is 23.1 Å². The molecule has 9 heteroatoms. The zero-order valence-electron chi connectivity index (χ0n) is 15.7. The highest BCUT2D eigenvalue weighted by atomic mass is 19.1. The van der Waals surface area contributed by atoms with Crippen molar-refractivity contribution in [1.29, 1.82) is 0 Å². The number of pyridine rings is 2. The molecule has 0 aromatic carbocycles. The molecule has 146 valence electrons. The lowest BCUT2D eigenvalue weighted by atomic mass is 10.2. The Kier molecular flexibility index (Phi) is 4.82. The van der Waals surface area contributed by atoms with Gasteiger partial charge in [0.2, 0.25) is 5.88 Å². The van der Waals surface area contributed by atoms with Crippen LogP contribution in [-0.2, 0) is 0 Å².